The fraction of sp³-hybridized carbons (Fsp3) is 0.250. The number of aromatic nitrogens is 1. The number of amides is 2. The van der Waals surface area contributed by atoms with Gasteiger partial charge in [0.25, 0.3) is 0 Å². The lowest BCUT2D eigenvalue weighted by molar-refractivity contribution is -0.136. The Bertz CT molecular complexity index is 763. The van der Waals surface area contributed by atoms with Crippen LogP contribution in [0.15, 0.2) is 42.6 Å². The number of para-hydroxylation sites is 1. The molecule has 8 heteroatoms. The molecule has 1 aromatic carbocycles. The maximum atomic E-state index is 13.1. The Morgan fingerprint density at radius 2 is 2.04 bits per heavy atom. The molecule has 0 saturated heterocycles. The van der Waals surface area contributed by atoms with Crippen LogP contribution in [-0.2, 0) is 6.18 Å². The number of nitrogens with one attached hydrogen (secondary N) is 2. The van der Waals surface area contributed by atoms with Crippen LogP contribution in [0.1, 0.15) is 12.5 Å². The topological polar surface area (TPSA) is 57.3 Å². The number of nitrogens with zero attached hydrogens (tertiary/aromatic N) is 2. The quantitative estimate of drug-likeness (QED) is 0.829. The van der Waals surface area contributed by atoms with Crippen LogP contribution >= 0.6 is 0 Å². The number of urea groups is 1. The highest BCUT2D eigenvalue weighted by Gasteiger charge is 2.34. The van der Waals surface area contributed by atoms with Gasteiger partial charge in [0.1, 0.15) is 5.82 Å². The molecule has 2 N–H and O–H groups in total. The Labute approximate surface area is 136 Å². The van der Waals surface area contributed by atoms with Crippen molar-refractivity contribution in [2.75, 3.05) is 22.1 Å². The van der Waals surface area contributed by atoms with Gasteiger partial charge in [-0.1, -0.05) is 12.1 Å². The summed E-state index contributed by atoms with van der Waals surface area (Å²) in [5.41, 5.74) is -0.628. The lowest BCUT2D eigenvalue weighted by atomic mass is 10.1. The minimum atomic E-state index is -4.54. The second-order valence-corrected chi connectivity index (χ2v) is 5.50. The minimum absolute atomic E-state index is 0.0731. The van der Waals surface area contributed by atoms with Crippen LogP contribution in [-0.4, -0.2) is 23.6 Å². The maximum absolute atomic E-state index is 13.1. The third-order valence-electron chi connectivity index (χ3n) is 3.64. The van der Waals surface area contributed by atoms with Crippen LogP contribution in [0.3, 0.4) is 0 Å². The van der Waals surface area contributed by atoms with Gasteiger partial charge in [-0.25, -0.2) is 9.78 Å². The molecule has 0 spiro atoms. The van der Waals surface area contributed by atoms with Crippen LogP contribution in [0.4, 0.5) is 35.2 Å². The van der Waals surface area contributed by atoms with Gasteiger partial charge >= 0.3 is 12.2 Å². The number of anilines is 3. The maximum Gasteiger partial charge on any atom is 0.418 e. The highest BCUT2D eigenvalue weighted by molar-refractivity contribution is 6.04. The van der Waals surface area contributed by atoms with Crippen LogP contribution in [0.2, 0.25) is 0 Å². The van der Waals surface area contributed by atoms with E-state index in [9.17, 15) is 18.0 Å². The molecule has 0 aliphatic carbocycles. The molecule has 24 heavy (non-hydrogen) atoms. The van der Waals surface area contributed by atoms with E-state index in [0.717, 1.165) is 6.07 Å². The lowest BCUT2D eigenvalue weighted by Crippen LogP contribution is -2.45. The average Bonchev–Trinajstić information content (AvgIpc) is 2.53. The molecule has 0 fully saturated rings. The van der Waals surface area contributed by atoms with Crippen molar-refractivity contribution < 1.29 is 18.0 Å². The molecule has 1 aliphatic rings. The van der Waals surface area contributed by atoms with Crippen molar-refractivity contribution in [3.63, 3.8) is 0 Å². The molecule has 1 aliphatic heterocycles. The number of rotatable bonds is 1. The summed E-state index contributed by atoms with van der Waals surface area (Å²) in [6.45, 7) is 2.18. The second-order valence-electron chi connectivity index (χ2n) is 5.50. The fourth-order valence-electron chi connectivity index (χ4n) is 2.59. The van der Waals surface area contributed by atoms with Crippen molar-refractivity contribution in [1.82, 2.24) is 4.98 Å². The number of hydrogen-bond donors (Lipinski definition) is 2. The first-order valence-corrected chi connectivity index (χ1v) is 7.32. The van der Waals surface area contributed by atoms with E-state index in [4.69, 9.17) is 0 Å². The van der Waals surface area contributed by atoms with Gasteiger partial charge in [0.15, 0.2) is 0 Å². The number of halogens is 3. The third-order valence-corrected chi connectivity index (χ3v) is 3.64. The van der Waals surface area contributed by atoms with Crippen molar-refractivity contribution in [3.05, 3.63) is 48.2 Å². The molecule has 2 amide bonds. The monoisotopic (exact) mass is 336 g/mol. The highest BCUT2D eigenvalue weighted by atomic mass is 19.4. The zero-order chi connectivity index (χ0) is 17.3. The van der Waals surface area contributed by atoms with E-state index in [0.29, 0.717) is 18.1 Å². The van der Waals surface area contributed by atoms with E-state index in [1.807, 2.05) is 6.92 Å². The van der Waals surface area contributed by atoms with Crippen molar-refractivity contribution in [1.29, 1.82) is 0 Å². The van der Waals surface area contributed by atoms with Crippen LogP contribution in [0, 0.1) is 0 Å². The van der Waals surface area contributed by atoms with Gasteiger partial charge in [0, 0.05) is 18.8 Å². The van der Waals surface area contributed by atoms with Crippen molar-refractivity contribution in [3.8, 4) is 0 Å². The number of hydrogen-bond acceptors (Lipinski definition) is 3. The summed E-state index contributed by atoms with van der Waals surface area (Å²) < 4.78 is 39.2. The van der Waals surface area contributed by atoms with Crippen LogP contribution < -0.4 is 15.5 Å². The number of carbonyl (C=O) groups excluding carboxylic acids is 1. The Balaban J connectivity index is 1.89. The van der Waals surface area contributed by atoms with Gasteiger partial charge in [-0.2, -0.15) is 13.2 Å². The van der Waals surface area contributed by atoms with Crippen LogP contribution in [0.5, 0.6) is 0 Å². The summed E-state index contributed by atoms with van der Waals surface area (Å²) in [6, 6.07) is 7.55. The number of pyridine rings is 1. The fourth-order valence-corrected chi connectivity index (χ4v) is 2.59. The van der Waals surface area contributed by atoms with E-state index < -0.39 is 17.8 Å². The predicted octanol–water partition coefficient (Wildman–Crippen LogP) is 3.95. The average molecular weight is 336 g/mol. The lowest BCUT2D eigenvalue weighted by Gasteiger charge is -2.33. The number of alkyl halides is 3. The minimum Gasteiger partial charge on any atom is -0.364 e. The molecule has 1 atom stereocenters. The van der Waals surface area contributed by atoms with Gasteiger partial charge in [-0.3, -0.25) is 4.90 Å². The molecule has 2 heterocycles. The van der Waals surface area contributed by atoms with Crippen molar-refractivity contribution >= 4 is 23.2 Å². The molecule has 126 valence electrons. The molecule has 1 aromatic heterocycles. The number of carbonyl (C=O) groups is 1. The Kier molecular flexibility index (Phi) is 4.04. The van der Waals surface area contributed by atoms with Gasteiger partial charge in [-0.05, 0) is 31.2 Å². The second kappa shape index (κ2) is 6.03. The summed E-state index contributed by atoms with van der Waals surface area (Å²) >= 11 is 0. The normalized spacial score (nSPS) is 17.0. The molecule has 2 aromatic rings. The van der Waals surface area contributed by atoms with Gasteiger partial charge in [0.2, 0.25) is 0 Å². The predicted molar refractivity (Wildman–Crippen MR) is 85.1 cm³/mol. The first-order valence-electron chi connectivity index (χ1n) is 7.32. The Morgan fingerprint density at radius 3 is 2.79 bits per heavy atom. The van der Waals surface area contributed by atoms with E-state index in [2.05, 4.69) is 15.6 Å². The summed E-state index contributed by atoms with van der Waals surface area (Å²) in [5.74, 6) is 0.524. The standard InChI is InChI=1S/C16H15F3N4O/c1-10-9-23(13-7-4-8-20-14(13)21-10)15(24)22-12-6-3-2-5-11(12)16(17,18)19/h2-8,10H,9H2,1H3,(H,20,21)(H,22,24). The highest BCUT2D eigenvalue weighted by Crippen LogP contribution is 2.35. The van der Waals surface area contributed by atoms with Gasteiger partial charge in [0.05, 0.1) is 16.9 Å². The van der Waals surface area contributed by atoms with E-state index in [1.165, 1.54) is 23.1 Å². The van der Waals surface area contributed by atoms with Gasteiger partial charge < -0.3 is 10.6 Å². The van der Waals surface area contributed by atoms with E-state index in [1.54, 1.807) is 18.3 Å². The largest absolute Gasteiger partial charge is 0.418 e. The summed E-state index contributed by atoms with van der Waals surface area (Å²) in [4.78, 5) is 18.1. The van der Waals surface area contributed by atoms with Gasteiger partial charge in [-0.15, -0.1) is 0 Å². The molecule has 1 unspecified atom stereocenters. The molecular formula is C16H15F3N4O. The van der Waals surface area contributed by atoms with Crippen molar-refractivity contribution in [2.24, 2.45) is 0 Å². The van der Waals surface area contributed by atoms with Crippen LogP contribution in [0.25, 0.3) is 0 Å². The molecule has 0 bridgehead atoms. The first-order chi connectivity index (χ1) is 11.4. The Hall–Kier alpha value is -2.77. The SMILES string of the molecule is CC1CN(C(=O)Nc2ccccc2C(F)(F)F)c2cccnc2N1. The van der Waals surface area contributed by atoms with E-state index in [-0.39, 0.29) is 11.7 Å². The smallest absolute Gasteiger partial charge is 0.364 e. The first kappa shape index (κ1) is 16.1. The molecule has 5 nitrogen and oxygen atoms in total. The third kappa shape index (κ3) is 3.12. The zero-order valence-electron chi connectivity index (χ0n) is 12.8. The van der Waals surface area contributed by atoms with E-state index >= 15 is 0 Å². The number of fused-ring (bicyclic) bond motifs is 1. The molecule has 3 rings (SSSR count). The number of benzene rings is 1. The Morgan fingerprint density at radius 1 is 1.29 bits per heavy atom. The summed E-state index contributed by atoms with van der Waals surface area (Å²) in [7, 11) is 0. The molecular weight excluding hydrogens is 321 g/mol. The summed E-state index contributed by atoms with van der Waals surface area (Å²) in [5, 5.41) is 5.49. The molecule has 0 saturated carbocycles. The summed E-state index contributed by atoms with van der Waals surface area (Å²) in [6.07, 6.45) is -2.96. The van der Waals surface area contributed by atoms with Crippen molar-refractivity contribution in [2.45, 2.75) is 19.1 Å². The zero-order valence-corrected chi connectivity index (χ0v) is 12.8. The molecule has 0 radical (unpaired) electrons.